The molecule has 2 atom stereocenters. The molecule has 1 saturated heterocycles. The van der Waals surface area contributed by atoms with Gasteiger partial charge in [0.05, 0.1) is 40.1 Å². The number of aromatic nitrogens is 1. The molecule has 0 radical (unpaired) electrons. The Kier molecular flexibility index (Phi) is 10.6. The van der Waals surface area contributed by atoms with E-state index in [4.69, 9.17) is 21.1 Å². The van der Waals surface area contributed by atoms with Crippen molar-refractivity contribution in [2.75, 3.05) is 57.6 Å². The van der Waals surface area contributed by atoms with E-state index in [-0.39, 0.29) is 11.9 Å². The monoisotopic (exact) mass is 579 g/mol. The zero-order valence-electron chi connectivity index (χ0n) is 24.0. The largest absolute Gasteiger partial charge is 0.492 e. The molecule has 0 spiro atoms. The maximum Gasteiger partial charge on any atom is 0.224 e. The Morgan fingerprint density at radius 1 is 1.20 bits per heavy atom. The normalized spacial score (nSPS) is 16.8. The third kappa shape index (κ3) is 8.21. The van der Waals surface area contributed by atoms with Crippen LogP contribution in [0.1, 0.15) is 32.3 Å². The van der Waals surface area contributed by atoms with E-state index < -0.39 is 0 Å². The zero-order valence-corrected chi connectivity index (χ0v) is 24.8. The lowest BCUT2D eigenvalue weighted by Crippen LogP contribution is -2.55. The molecule has 2 aromatic carbocycles. The Labute approximate surface area is 246 Å². The number of hydrogen-bond donors (Lipinski definition) is 4. The lowest BCUT2D eigenvalue weighted by molar-refractivity contribution is -0.116. The van der Waals surface area contributed by atoms with Gasteiger partial charge in [0.15, 0.2) is 0 Å². The van der Waals surface area contributed by atoms with Gasteiger partial charge in [-0.3, -0.25) is 9.78 Å². The summed E-state index contributed by atoms with van der Waals surface area (Å²) >= 11 is 6.58. The van der Waals surface area contributed by atoms with Crippen molar-refractivity contribution in [1.82, 2.24) is 20.5 Å². The third-order valence-electron chi connectivity index (χ3n) is 6.74. The number of hydrogen-bond acceptors (Lipinski definition) is 9. The average molecular weight is 580 g/mol. The number of rotatable bonds is 12. The van der Waals surface area contributed by atoms with E-state index in [0.29, 0.717) is 75.7 Å². The van der Waals surface area contributed by atoms with E-state index in [2.05, 4.69) is 39.2 Å². The summed E-state index contributed by atoms with van der Waals surface area (Å²) in [7, 11) is 3.95. The first-order valence-electron chi connectivity index (χ1n) is 13.9. The number of carbonyl (C=O) groups excluding carboxylic acids is 1. The van der Waals surface area contributed by atoms with Crippen molar-refractivity contribution < 1.29 is 14.3 Å². The fourth-order valence-corrected chi connectivity index (χ4v) is 4.79. The molecule has 1 fully saturated rings. The number of halogens is 1. The van der Waals surface area contributed by atoms with Crippen molar-refractivity contribution in [2.45, 2.75) is 38.8 Å². The number of amides is 1. The highest BCUT2D eigenvalue weighted by Crippen LogP contribution is 2.37. The predicted molar refractivity (Wildman–Crippen MR) is 164 cm³/mol. The summed E-state index contributed by atoms with van der Waals surface area (Å²) in [6.45, 7) is 7.47. The van der Waals surface area contributed by atoms with Crippen LogP contribution < -0.4 is 30.7 Å². The summed E-state index contributed by atoms with van der Waals surface area (Å²) in [4.78, 5) is 19.2. The molecule has 4 rings (SSSR count). The molecule has 0 aliphatic carbocycles. The molecule has 41 heavy (non-hydrogen) atoms. The van der Waals surface area contributed by atoms with E-state index in [9.17, 15) is 10.1 Å². The summed E-state index contributed by atoms with van der Waals surface area (Å²) in [5, 5.41) is 24.2. The van der Waals surface area contributed by atoms with E-state index in [1.807, 2.05) is 38.1 Å². The Morgan fingerprint density at radius 3 is 2.71 bits per heavy atom. The van der Waals surface area contributed by atoms with Gasteiger partial charge in [0.2, 0.25) is 5.91 Å². The van der Waals surface area contributed by atoms with Crippen LogP contribution in [0.5, 0.6) is 11.5 Å². The number of ether oxygens (including phenoxy) is 2. The number of piperazine rings is 1. The molecule has 2 unspecified atom stereocenters. The highest BCUT2D eigenvalue weighted by Gasteiger charge is 2.19. The van der Waals surface area contributed by atoms with Gasteiger partial charge in [0.25, 0.3) is 0 Å². The Balaban J connectivity index is 1.57. The molecule has 1 aromatic heterocycles. The number of fused-ring (bicyclic) bond motifs is 1. The van der Waals surface area contributed by atoms with Crippen LogP contribution in [0.3, 0.4) is 0 Å². The highest BCUT2D eigenvalue weighted by atomic mass is 35.5. The molecule has 0 saturated carbocycles. The maximum atomic E-state index is 12.7. The number of carbonyl (C=O) groups is 1. The smallest absolute Gasteiger partial charge is 0.224 e. The van der Waals surface area contributed by atoms with Crippen LogP contribution in [0.25, 0.3) is 10.9 Å². The second-order valence-electron chi connectivity index (χ2n) is 10.4. The number of nitrogens with zero attached hydrogens (tertiary/aromatic N) is 3. The van der Waals surface area contributed by atoms with Gasteiger partial charge in [-0.15, -0.1) is 0 Å². The minimum atomic E-state index is -0.109. The fourth-order valence-electron chi connectivity index (χ4n) is 4.56. The van der Waals surface area contributed by atoms with Gasteiger partial charge in [-0.1, -0.05) is 11.6 Å². The molecule has 1 amide bonds. The molecule has 11 heteroatoms. The van der Waals surface area contributed by atoms with Gasteiger partial charge in [-0.05, 0) is 65.2 Å². The van der Waals surface area contributed by atoms with E-state index in [1.54, 1.807) is 18.2 Å². The maximum absolute atomic E-state index is 12.7. The molecule has 4 N–H and O–H groups in total. The van der Waals surface area contributed by atoms with Gasteiger partial charge >= 0.3 is 0 Å². The summed E-state index contributed by atoms with van der Waals surface area (Å²) in [6.07, 6.45) is 2.63. The standard InChI is InChI=1S/C30H38ClN7O3/c1-5-40-28-13-25-23(12-26(28)37-29(39)7-6-10-38(3)4)30(20(14-32)16-35-25)36-21-8-9-27(24(31)11-21)41-18-22-17-33-19(2)15-34-22/h8-9,11-13,16,19,22,33-34H,5-7,10,15,17-18H2,1-4H3,(H,35,36)(H,37,39). The molecule has 218 valence electrons. The van der Waals surface area contributed by atoms with Gasteiger partial charge in [-0.25, -0.2) is 0 Å². The van der Waals surface area contributed by atoms with E-state index >= 15 is 0 Å². The van der Waals surface area contributed by atoms with Crippen molar-refractivity contribution in [3.63, 3.8) is 0 Å². The van der Waals surface area contributed by atoms with Gasteiger partial charge in [-0.2, -0.15) is 5.26 Å². The van der Waals surface area contributed by atoms with Crippen LogP contribution in [0.15, 0.2) is 36.5 Å². The predicted octanol–water partition coefficient (Wildman–Crippen LogP) is 4.51. The first-order valence-corrected chi connectivity index (χ1v) is 14.3. The zero-order chi connectivity index (χ0) is 29.4. The molecule has 2 heterocycles. The molecular formula is C30H38ClN7O3. The molecule has 10 nitrogen and oxygen atoms in total. The Morgan fingerprint density at radius 2 is 2.02 bits per heavy atom. The van der Waals surface area contributed by atoms with Gasteiger partial charge in [0.1, 0.15) is 24.2 Å². The van der Waals surface area contributed by atoms with Crippen molar-refractivity contribution >= 4 is 45.5 Å². The van der Waals surface area contributed by atoms with Gasteiger partial charge < -0.3 is 35.6 Å². The fraction of sp³-hybridized carbons (Fsp3) is 0.433. The number of nitrogens with one attached hydrogen (secondary N) is 4. The van der Waals surface area contributed by atoms with Crippen LogP contribution in [0, 0.1) is 11.3 Å². The van der Waals surface area contributed by atoms with Gasteiger partial charge in [0, 0.05) is 48.9 Å². The van der Waals surface area contributed by atoms with Crippen molar-refractivity contribution in [3.8, 4) is 17.6 Å². The van der Waals surface area contributed by atoms with Crippen LogP contribution in [0.4, 0.5) is 17.1 Å². The minimum absolute atomic E-state index is 0.109. The summed E-state index contributed by atoms with van der Waals surface area (Å²) < 4.78 is 11.8. The molecule has 0 bridgehead atoms. The third-order valence-corrected chi connectivity index (χ3v) is 7.03. The average Bonchev–Trinajstić information content (AvgIpc) is 2.94. The van der Waals surface area contributed by atoms with Crippen molar-refractivity contribution in [2.24, 2.45) is 0 Å². The lowest BCUT2D eigenvalue weighted by Gasteiger charge is -2.29. The van der Waals surface area contributed by atoms with Crippen LogP contribution in [0.2, 0.25) is 5.02 Å². The lowest BCUT2D eigenvalue weighted by atomic mass is 10.1. The van der Waals surface area contributed by atoms with Crippen molar-refractivity contribution in [1.29, 1.82) is 5.26 Å². The van der Waals surface area contributed by atoms with E-state index in [0.717, 1.165) is 26.1 Å². The number of benzene rings is 2. The molecule has 1 aliphatic rings. The van der Waals surface area contributed by atoms with Crippen LogP contribution in [-0.4, -0.2) is 74.8 Å². The summed E-state index contributed by atoms with van der Waals surface area (Å²) in [5.74, 6) is 0.992. The first kappa shape index (κ1) is 30.3. The number of pyridine rings is 1. The Hall–Kier alpha value is -3.62. The summed E-state index contributed by atoms with van der Waals surface area (Å²) in [6, 6.07) is 11.9. The van der Waals surface area contributed by atoms with Crippen molar-refractivity contribution in [3.05, 3.63) is 47.1 Å². The SMILES string of the molecule is CCOc1cc2ncc(C#N)c(Nc3ccc(OCC4CNC(C)CN4)c(Cl)c3)c2cc1NC(=O)CCCN(C)C. The molecule has 1 aliphatic heterocycles. The van der Waals surface area contributed by atoms with Crippen LogP contribution >= 0.6 is 11.6 Å². The number of nitriles is 1. The topological polar surface area (TPSA) is 124 Å². The second-order valence-corrected chi connectivity index (χ2v) is 10.8. The second kappa shape index (κ2) is 14.3. The first-order chi connectivity index (χ1) is 19.8. The molecular weight excluding hydrogens is 542 g/mol. The summed E-state index contributed by atoms with van der Waals surface area (Å²) in [5.41, 5.74) is 2.73. The minimum Gasteiger partial charge on any atom is -0.492 e. The Bertz CT molecular complexity index is 1400. The van der Waals surface area contributed by atoms with E-state index in [1.165, 1.54) is 6.20 Å². The molecule has 3 aromatic rings. The highest BCUT2D eigenvalue weighted by molar-refractivity contribution is 6.32. The van der Waals surface area contributed by atoms with Crippen LogP contribution in [-0.2, 0) is 4.79 Å². The number of anilines is 3. The quantitative estimate of drug-likeness (QED) is 0.245.